The van der Waals surface area contributed by atoms with Crippen LogP contribution < -0.4 is 11.2 Å². The summed E-state index contributed by atoms with van der Waals surface area (Å²) in [6.07, 6.45) is 1.53. The highest BCUT2D eigenvalue weighted by molar-refractivity contribution is 5.71. The molecule has 8 nitrogen and oxygen atoms in total. The van der Waals surface area contributed by atoms with Crippen molar-refractivity contribution in [2.45, 2.75) is 65.6 Å². The summed E-state index contributed by atoms with van der Waals surface area (Å²) in [7, 11) is 0. The van der Waals surface area contributed by atoms with Gasteiger partial charge in [-0.25, -0.2) is 9.78 Å². The van der Waals surface area contributed by atoms with Crippen molar-refractivity contribution >= 4 is 11.2 Å². The van der Waals surface area contributed by atoms with E-state index in [1.807, 2.05) is 29.7 Å². The van der Waals surface area contributed by atoms with Gasteiger partial charge in [0.2, 0.25) is 0 Å². The van der Waals surface area contributed by atoms with Gasteiger partial charge in [-0.1, -0.05) is 58.0 Å². The van der Waals surface area contributed by atoms with E-state index in [2.05, 4.69) is 37.8 Å². The minimum atomic E-state index is -0.287. The van der Waals surface area contributed by atoms with Gasteiger partial charge in [0.15, 0.2) is 11.2 Å². The highest BCUT2D eigenvalue weighted by Crippen LogP contribution is 2.26. The van der Waals surface area contributed by atoms with Crippen LogP contribution in [-0.4, -0.2) is 56.4 Å². The monoisotopic (exact) mass is 467 g/mol. The van der Waals surface area contributed by atoms with Gasteiger partial charge in [-0.05, 0) is 18.4 Å². The van der Waals surface area contributed by atoms with Gasteiger partial charge in [0, 0.05) is 44.7 Å². The molecular formula is C26H37N5O3. The third-order valence-electron chi connectivity index (χ3n) is 6.38. The molecule has 8 heteroatoms. The number of fused-ring (bicyclic) bond motifs is 1. The van der Waals surface area contributed by atoms with E-state index in [9.17, 15) is 9.59 Å². The number of hydrogen-bond donors (Lipinski definition) is 0. The number of aromatic nitrogens is 4. The minimum absolute atomic E-state index is 0.245. The second-order valence-corrected chi connectivity index (χ2v) is 10.1. The van der Waals surface area contributed by atoms with Crippen LogP contribution >= 0.6 is 0 Å². The first-order valence-corrected chi connectivity index (χ1v) is 12.4. The number of ether oxygens (including phenoxy) is 1. The van der Waals surface area contributed by atoms with Gasteiger partial charge in [-0.2, -0.15) is 0 Å². The van der Waals surface area contributed by atoms with E-state index in [1.54, 1.807) is 4.57 Å². The van der Waals surface area contributed by atoms with E-state index in [-0.39, 0.29) is 16.7 Å². The van der Waals surface area contributed by atoms with Crippen LogP contribution in [0.15, 0.2) is 39.9 Å². The lowest BCUT2D eigenvalue weighted by atomic mass is 9.95. The maximum atomic E-state index is 13.6. The van der Waals surface area contributed by atoms with Crippen LogP contribution in [0.5, 0.6) is 0 Å². The molecule has 0 bridgehead atoms. The predicted octanol–water partition coefficient (Wildman–Crippen LogP) is 2.84. The largest absolute Gasteiger partial charge is 0.379 e. The van der Waals surface area contributed by atoms with E-state index in [1.165, 1.54) is 4.57 Å². The van der Waals surface area contributed by atoms with E-state index in [4.69, 9.17) is 9.72 Å². The standard InChI is InChI=1S/C26H37N5O3/c1-5-12-30-23(32)21-22(29(25(30)33)14-9-13-28-15-17-34-18-16-28)27-24(26(2,3)4)31(21)19-20-10-7-6-8-11-20/h6-8,10-11H,5,9,12-19H2,1-4H3. The van der Waals surface area contributed by atoms with Crippen LogP contribution in [0.25, 0.3) is 11.2 Å². The maximum Gasteiger partial charge on any atom is 0.332 e. The highest BCUT2D eigenvalue weighted by atomic mass is 16.5. The predicted molar refractivity (Wildman–Crippen MR) is 135 cm³/mol. The summed E-state index contributed by atoms with van der Waals surface area (Å²) in [6, 6.07) is 10.1. The Morgan fingerprint density at radius 1 is 0.941 bits per heavy atom. The zero-order valence-electron chi connectivity index (χ0n) is 20.9. The van der Waals surface area contributed by atoms with Gasteiger partial charge in [-0.3, -0.25) is 18.8 Å². The Kier molecular flexibility index (Phi) is 7.38. The first-order chi connectivity index (χ1) is 16.3. The average Bonchev–Trinajstić information content (AvgIpc) is 3.20. The Labute approximate surface area is 200 Å². The molecule has 3 heterocycles. The van der Waals surface area contributed by atoms with Crippen molar-refractivity contribution in [3.05, 3.63) is 62.6 Å². The minimum Gasteiger partial charge on any atom is -0.379 e. The lowest BCUT2D eigenvalue weighted by Gasteiger charge is -2.26. The Bertz CT molecular complexity index is 1230. The summed E-state index contributed by atoms with van der Waals surface area (Å²) < 4.78 is 10.6. The molecule has 1 saturated heterocycles. The molecule has 1 aliphatic heterocycles. The smallest absolute Gasteiger partial charge is 0.332 e. The average molecular weight is 468 g/mol. The fraction of sp³-hybridized carbons (Fsp3) is 0.577. The van der Waals surface area contributed by atoms with Crippen molar-refractivity contribution < 1.29 is 4.74 Å². The summed E-state index contributed by atoms with van der Waals surface area (Å²) in [5, 5.41) is 0. The van der Waals surface area contributed by atoms with Crippen molar-refractivity contribution in [1.82, 2.24) is 23.6 Å². The molecule has 1 aromatic carbocycles. The molecule has 3 aromatic rings. The summed E-state index contributed by atoms with van der Waals surface area (Å²) in [4.78, 5) is 34.4. The molecule has 184 valence electrons. The molecule has 0 atom stereocenters. The van der Waals surface area contributed by atoms with Crippen molar-refractivity contribution in [2.75, 3.05) is 32.8 Å². The molecule has 4 rings (SSSR count). The quantitative estimate of drug-likeness (QED) is 0.509. The molecule has 0 aliphatic carbocycles. The van der Waals surface area contributed by atoms with E-state index in [0.717, 1.165) is 50.7 Å². The van der Waals surface area contributed by atoms with Crippen molar-refractivity contribution in [3.8, 4) is 0 Å². The van der Waals surface area contributed by atoms with Crippen LogP contribution in [-0.2, 0) is 29.8 Å². The number of hydrogen-bond acceptors (Lipinski definition) is 5. The lowest BCUT2D eigenvalue weighted by Crippen LogP contribution is -2.41. The Hall–Kier alpha value is -2.71. The topological polar surface area (TPSA) is 74.3 Å². The van der Waals surface area contributed by atoms with Crippen molar-refractivity contribution in [3.63, 3.8) is 0 Å². The van der Waals surface area contributed by atoms with Gasteiger partial charge in [0.1, 0.15) is 5.82 Å². The maximum absolute atomic E-state index is 13.6. The van der Waals surface area contributed by atoms with Crippen molar-refractivity contribution in [2.24, 2.45) is 0 Å². The number of benzene rings is 1. The normalized spacial score (nSPS) is 15.3. The fourth-order valence-corrected chi connectivity index (χ4v) is 4.68. The molecule has 34 heavy (non-hydrogen) atoms. The van der Waals surface area contributed by atoms with Crippen LogP contribution in [0.1, 0.15) is 51.9 Å². The van der Waals surface area contributed by atoms with Gasteiger partial charge >= 0.3 is 5.69 Å². The molecule has 1 aliphatic rings. The molecule has 0 spiro atoms. The highest BCUT2D eigenvalue weighted by Gasteiger charge is 2.27. The first-order valence-electron chi connectivity index (χ1n) is 12.4. The van der Waals surface area contributed by atoms with Crippen LogP contribution in [0.4, 0.5) is 0 Å². The molecule has 0 saturated carbocycles. The Morgan fingerprint density at radius 2 is 1.65 bits per heavy atom. The number of nitrogens with zero attached hydrogens (tertiary/aromatic N) is 5. The summed E-state index contributed by atoms with van der Waals surface area (Å²) in [5.74, 6) is 0.819. The third-order valence-corrected chi connectivity index (χ3v) is 6.38. The van der Waals surface area contributed by atoms with Crippen LogP contribution in [0, 0.1) is 0 Å². The van der Waals surface area contributed by atoms with E-state index in [0.29, 0.717) is 37.2 Å². The number of morpholine rings is 1. The van der Waals surface area contributed by atoms with Gasteiger partial charge in [-0.15, -0.1) is 0 Å². The molecule has 1 fully saturated rings. The van der Waals surface area contributed by atoms with E-state index < -0.39 is 0 Å². The zero-order valence-corrected chi connectivity index (χ0v) is 20.9. The number of aryl methyl sites for hydroxylation is 1. The number of imidazole rings is 1. The second-order valence-electron chi connectivity index (χ2n) is 10.1. The SMILES string of the molecule is CCCn1c(=O)c2c(nc(C(C)(C)C)n2Cc2ccccc2)n(CCCN2CCOCC2)c1=O. The van der Waals surface area contributed by atoms with Crippen LogP contribution in [0.3, 0.4) is 0 Å². The molecule has 0 amide bonds. The third kappa shape index (κ3) is 5.03. The van der Waals surface area contributed by atoms with Crippen LogP contribution in [0.2, 0.25) is 0 Å². The van der Waals surface area contributed by atoms with E-state index >= 15 is 0 Å². The second kappa shape index (κ2) is 10.3. The molecule has 0 radical (unpaired) electrons. The first kappa shape index (κ1) is 24.4. The molecule has 0 unspecified atom stereocenters. The summed E-state index contributed by atoms with van der Waals surface area (Å²) in [5.41, 5.74) is 1.33. The van der Waals surface area contributed by atoms with Crippen molar-refractivity contribution in [1.29, 1.82) is 0 Å². The number of rotatable bonds is 8. The zero-order chi connectivity index (χ0) is 24.3. The summed E-state index contributed by atoms with van der Waals surface area (Å²) >= 11 is 0. The lowest BCUT2D eigenvalue weighted by molar-refractivity contribution is 0.0369. The van der Waals surface area contributed by atoms with Gasteiger partial charge in [0.25, 0.3) is 5.56 Å². The molecular weight excluding hydrogens is 430 g/mol. The van der Waals surface area contributed by atoms with Gasteiger partial charge in [0.05, 0.1) is 13.2 Å². The summed E-state index contributed by atoms with van der Waals surface area (Å²) in [6.45, 7) is 14.0. The Balaban J connectivity index is 1.83. The molecule has 2 aromatic heterocycles. The Morgan fingerprint density at radius 3 is 2.29 bits per heavy atom. The fourth-order valence-electron chi connectivity index (χ4n) is 4.68. The molecule has 0 N–H and O–H groups in total. The van der Waals surface area contributed by atoms with Gasteiger partial charge < -0.3 is 9.30 Å².